The van der Waals surface area contributed by atoms with E-state index in [1.807, 2.05) is 0 Å². The lowest BCUT2D eigenvalue weighted by Gasteiger charge is -1.98. The zero-order valence-electron chi connectivity index (χ0n) is 8.81. The molecule has 1 aromatic carbocycles. The number of ether oxygens (including phenoxy) is 2. The number of esters is 1. The van der Waals surface area contributed by atoms with Crippen molar-refractivity contribution in [2.75, 3.05) is 14.2 Å². The van der Waals surface area contributed by atoms with Gasteiger partial charge in [0.2, 0.25) is 0 Å². The summed E-state index contributed by atoms with van der Waals surface area (Å²) in [5, 5.41) is 10.5. The summed E-state index contributed by atoms with van der Waals surface area (Å²) in [7, 11) is 2.85. The van der Waals surface area contributed by atoms with Crippen LogP contribution in [0, 0.1) is 0 Å². The Morgan fingerprint density at radius 2 is 2.12 bits per heavy atom. The number of benzene rings is 1. The smallest absolute Gasteiger partial charge is 0.351 e. The van der Waals surface area contributed by atoms with Crippen molar-refractivity contribution >= 4 is 27.4 Å². The maximum absolute atomic E-state index is 11.4. The lowest BCUT2D eigenvalue weighted by atomic mass is 10.2. The highest BCUT2D eigenvalue weighted by atomic mass is 32.1. The van der Waals surface area contributed by atoms with E-state index in [1.54, 1.807) is 25.3 Å². The second kappa shape index (κ2) is 4.02. The Morgan fingerprint density at radius 1 is 1.38 bits per heavy atom. The van der Waals surface area contributed by atoms with Crippen LogP contribution in [0.3, 0.4) is 0 Å². The van der Waals surface area contributed by atoms with Gasteiger partial charge in [-0.25, -0.2) is 4.79 Å². The van der Waals surface area contributed by atoms with Crippen LogP contribution >= 0.6 is 11.3 Å². The molecular formula is C11H10O4S. The normalized spacial score (nSPS) is 10.4. The Kier molecular flexibility index (Phi) is 2.70. The maximum Gasteiger partial charge on any atom is 0.351 e. The van der Waals surface area contributed by atoms with Gasteiger partial charge in [-0.2, -0.15) is 0 Å². The first-order valence-electron chi connectivity index (χ1n) is 4.55. The number of carbonyl (C=O) groups is 1. The highest BCUT2D eigenvalue weighted by Gasteiger charge is 2.18. The summed E-state index contributed by atoms with van der Waals surface area (Å²) < 4.78 is 10.4. The van der Waals surface area contributed by atoms with E-state index >= 15 is 0 Å². The van der Waals surface area contributed by atoms with E-state index in [-0.39, 0.29) is 10.6 Å². The Bertz CT molecular complexity index is 544. The van der Waals surface area contributed by atoms with E-state index in [1.165, 1.54) is 18.4 Å². The fourth-order valence-corrected chi connectivity index (χ4v) is 2.46. The van der Waals surface area contributed by atoms with E-state index in [2.05, 4.69) is 4.74 Å². The van der Waals surface area contributed by atoms with Gasteiger partial charge in [-0.3, -0.25) is 0 Å². The summed E-state index contributed by atoms with van der Waals surface area (Å²) >= 11 is 1.18. The average molecular weight is 238 g/mol. The molecule has 0 saturated heterocycles. The minimum Gasteiger partial charge on any atom is -0.505 e. The second-order valence-electron chi connectivity index (χ2n) is 3.13. The zero-order valence-corrected chi connectivity index (χ0v) is 9.63. The predicted octanol–water partition coefficient (Wildman–Crippen LogP) is 2.40. The van der Waals surface area contributed by atoms with Crippen molar-refractivity contribution in [1.29, 1.82) is 0 Å². The second-order valence-corrected chi connectivity index (χ2v) is 4.19. The molecule has 1 aromatic heterocycles. The molecule has 2 rings (SSSR count). The third-order valence-electron chi connectivity index (χ3n) is 2.24. The Labute approximate surface area is 96.0 Å². The SMILES string of the molecule is COC(=O)c1sc2cc(OC)ccc2c1O. The van der Waals surface area contributed by atoms with E-state index in [9.17, 15) is 9.90 Å². The summed E-state index contributed by atoms with van der Waals surface area (Å²) in [4.78, 5) is 11.6. The molecule has 16 heavy (non-hydrogen) atoms. The van der Waals surface area contributed by atoms with Crippen molar-refractivity contribution in [3.8, 4) is 11.5 Å². The van der Waals surface area contributed by atoms with Crippen molar-refractivity contribution in [2.24, 2.45) is 0 Å². The van der Waals surface area contributed by atoms with Crippen molar-refractivity contribution in [1.82, 2.24) is 0 Å². The maximum atomic E-state index is 11.4. The third kappa shape index (κ3) is 1.59. The summed E-state index contributed by atoms with van der Waals surface area (Å²) in [5.41, 5.74) is 0. The molecule has 0 spiro atoms. The molecule has 1 heterocycles. The van der Waals surface area contributed by atoms with E-state index in [0.717, 1.165) is 4.70 Å². The largest absolute Gasteiger partial charge is 0.505 e. The van der Waals surface area contributed by atoms with E-state index in [0.29, 0.717) is 11.1 Å². The third-order valence-corrected chi connectivity index (χ3v) is 3.36. The number of hydrogen-bond acceptors (Lipinski definition) is 5. The van der Waals surface area contributed by atoms with Crippen LogP contribution < -0.4 is 4.74 Å². The quantitative estimate of drug-likeness (QED) is 0.816. The van der Waals surface area contributed by atoms with Crippen molar-refractivity contribution < 1.29 is 19.4 Å². The topological polar surface area (TPSA) is 55.8 Å². The number of methoxy groups -OCH3 is 2. The van der Waals surface area contributed by atoms with Crippen LogP contribution in [0.2, 0.25) is 0 Å². The average Bonchev–Trinajstić information content (AvgIpc) is 2.65. The predicted molar refractivity (Wildman–Crippen MR) is 61.4 cm³/mol. The molecule has 5 heteroatoms. The Morgan fingerprint density at radius 3 is 2.75 bits per heavy atom. The summed E-state index contributed by atoms with van der Waals surface area (Å²) in [6.45, 7) is 0. The van der Waals surface area contributed by atoms with Gasteiger partial charge in [0.25, 0.3) is 0 Å². The van der Waals surface area contributed by atoms with Gasteiger partial charge in [0, 0.05) is 10.1 Å². The molecule has 1 N–H and O–H groups in total. The highest BCUT2D eigenvalue weighted by Crippen LogP contribution is 2.38. The molecule has 0 fully saturated rings. The van der Waals surface area contributed by atoms with Crippen molar-refractivity contribution in [2.45, 2.75) is 0 Å². The van der Waals surface area contributed by atoms with Crippen LogP contribution in [0.1, 0.15) is 9.67 Å². The Hall–Kier alpha value is -1.75. The molecule has 0 aliphatic carbocycles. The summed E-state index contributed by atoms with van der Waals surface area (Å²) in [6, 6.07) is 5.22. The number of hydrogen-bond donors (Lipinski definition) is 1. The molecule has 0 unspecified atom stereocenters. The molecule has 0 atom stereocenters. The van der Waals surface area contributed by atoms with Crippen LogP contribution in [0.4, 0.5) is 0 Å². The minimum atomic E-state index is -0.530. The van der Waals surface area contributed by atoms with Crippen LogP contribution in [0.15, 0.2) is 18.2 Å². The molecule has 0 amide bonds. The number of carbonyl (C=O) groups excluding carboxylic acids is 1. The number of aromatic hydroxyl groups is 1. The van der Waals surface area contributed by atoms with Gasteiger partial charge in [-0.1, -0.05) is 0 Å². The molecule has 0 saturated carbocycles. The van der Waals surface area contributed by atoms with Crippen LogP contribution in [-0.2, 0) is 4.74 Å². The molecule has 0 radical (unpaired) electrons. The van der Waals surface area contributed by atoms with Crippen LogP contribution in [0.25, 0.3) is 10.1 Å². The van der Waals surface area contributed by atoms with Gasteiger partial charge in [0.05, 0.1) is 14.2 Å². The monoisotopic (exact) mass is 238 g/mol. The zero-order chi connectivity index (χ0) is 11.7. The number of thiophene rings is 1. The Balaban J connectivity index is 2.63. The van der Waals surface area contributed by atoms with Crippen molar-refractivity contribution in [3.63, 3.8) is 0 Å². The molecule has 0 bridgehead atoms. The van der Waals surface area contributed by atoms with Gasteiger partial charge < -0.3 is 14.6 Å². The first kappa shape index (κ1) is 10.8. The lowest BCUT2D eigenvalue weighted by molar-refractivity contribution is 0.0603. The summed E-state index contributed by atoms with van der Waals surface area (Å²) in [6.07, 6.45) is 0. The molecule has 2 aromatic rings. The molecule has 4 nitrogen and oxygen atoms in total. The standard InChI is InChI=1S/C11H10O4S/c1-14-6-3-4-7-8(5-6)16-10(9(7)12)11(13)15-2/h3-5,12H,1-2H3. The fourth-order valence-electron chi connectivity index (χ4n) is 1.42. The van der Waals surface area contributed by atoms with Crippen LogP contribution in [0.5, 0.6) is 11.5 Å². The highest BCUT2D eigenvalue weighted by molar-refractivity contribution is 7.21. The minimum absolute atomic E-state index is 0.0329. The summed E-state index contributed by atoms with van der Waals surface area (Å²) in [5.74, 6) is 0.123. The lowest BCUT2D eigenvalue weighted by Crippen LogP contribution is -1.97. The van der Waals surface area contributed by atoms with E-state index in [4.69, 9.17) is 4.74 Å². The molecular weight excluding hydrogens is 228 g/mol. The first-order chi connectivity index (χ1) is 7.67. The van der Waals surface area contributed by atoms with Gasteiger partial charge in [0.15, 0.2) is 4.88 Å². The number of fused-ring (bicyclic) bond motifs is 1. The number of rotatable bonds is 2. The molecule has 84 valence electrons. The van der Waals surface area contributed by atoms with Gasteiger partial charge >= 0.3 is 5.97 Å². The van der Waals surface area contributed by atoms with Crippen molar-refractivity contribution in [3.05, 3.63) is 23.1 Å². The van der Waals surface area contributed by atoms with E-state index < -0.39 is 5.97 Å². The van der Waals surface area contributed by atoms with Gasteiger partial charge in [-0.05, 0) is 18.2 Å². The van der Waals surface area contributed by atoms with Gasteiger partial charge in [-0.15, -0.1) is 11.3 Å². The fraction of sp³-hybridized carbons (Fsp3) is 0.182. The van der Waals surface area contributed by atoms with Gasteiger partial charge in [0.1, 0.15) is 11.5 Å². The van der Waals surface area contributed by atoms with Crippen LogP contribution in [-0.4, -0.2) is 25.3 Å². The molecule has 0 aliphatic rings. The molecule has 0 aliphatic heterocycles. The first-order valence-corrected chi connectivity index (χ1v) is 5.37.